The van der Waals surface area contributed by atoms with Crippen LogP contribution in [0.3, 0.4) is 0 Å². The summed E-state index contributed by atoms with van der Waals surface area (Å²) < 4.78 is 11.8. The van der Waals surface area contributed by atoms with Gasteiger partial charge in [-0.25, -0.2) is 4.98 Å². The number of para-hydroxylation sites is 2. The van der Waals surface area contributed by atoms with E-state index in [1.165, 1.54) is 27.0 Å². The van der Waals surface area contributed by atoms with Gasteiger partial charge in [0.2, 0.25) is 5.89 Å². The summed E-state index contributed by atoms with van der Waals surface area (Å²) in [6, 6.07) is 41.6. The molecule has 0 aliphatic carbocycles. The average Bonchev–Trinajstić information content (AvgIpc) is 3.72. The van der Waals surface area contributed by atoms with Crippen LogP contribution < -0.4 is 25.7 Å². The number of fused-ring (bicyclic) bond motifs is 1. The molecule has 9 heteroatoms. The summed E-state index contributed by atoms with van der Waals surface area (Å²) in [5, 5.41) is 18.0. The summed E-state index contributed by atoms with van der Waals surface area (Å²) in [7, 11) is -1.21. The average molecular weight is 646 g/mol. The Morgan fingerprint density at radius 1 is 0.727 bits per heavy atom. The normalized spacial score (nSPS) is 10.6. The van der Waals surface area contributed by atoms with Crippen LogP contribution in [0, 0.1) is 20.8 Å². The second-order valence-electron chi connectivity index (χ2n) is 10.0. The molecule has 2 aromatic heterocycles. The SMILES string of the molecule is [CH2-]c1cc(C)ccc1Oc1ccc(C)cc1[PH+](c1ccccc1)c1ccccc1.[Cu+2].c1ccc2oc(-c3nnn[n-]3)nc2c1. The zero-order chi connectivity index (χ0) is 29.6. The molecule has 0 unspecified atom stereocenters. The van der Waals surface area contributed by atoms with Crippen LogP contribution in [-0.4, -0.2) is 20.5 Å². The van der Waals surface area contributed by atoms with E-state index in [1.807, 2.05) is 30.3 Å². The number of oxazole rings is 1. The number of aromatic nitrogens is 5. The van der Waals surface area contributed by atoms with Gasteiger partial charge in [0.1, 0.15) is 29.4 Å². The molecule has 0 bridgehead atoms. The Bertz CT molecular complexity index is 1880. The molecule has 1 radical (unpaired) electrons. The van der Waals surface area contributed by atoms with Gasteiger partial charge in [-0.05, 0) is 61.0 Å². The third kappa shape index (κ3) is 7.07. The molecule has 5 aromatic carbocycles. The molecule has 2 heterocycles. The third-order valence-electron chi connectivity index (χ3n) is 6.77. The van der Waals surface area contributed by atoms with Crippen LogP contribution in [0.2, 0.25) is 0 Å². The van der Waals surface area contributed by atoms with Crippen molar-refractivity contribution in [3.63, 3.8) is 0 Å². The van der Waals surface area contributed by atoms with Crippen LogP contribution in [-0.2, 0) is 17.1 Å². The fourth-order valence-electron chi connectivity index (χ4n) is 4.74. The Morgan fingerprint density at radius 2 is 1.34 bits per heavy atom. The molecular formula is C35H29CuN5O2P+. The number of rotatable bonds is 6. The fraction of sp³-hybridized carbons (Fsp3) is 0.0571. The van der Waals surface area contributed by atoms with Gasteiger partial charge >= 0.3 is 17.1 Å². The maximum absolute atomic E-state index is 6.44. The Kier molecular flexibility index (Phi) is 9.88. The molecule has 0 aliphatic heterocycles. The Balaban J connectivity index is 0.000000213. The van der Waals surface area contributed by atoms with E-state index in [1.54, 1.807) is 0 Å². The van der Waals surface area contributed by atoms with Crippen LogP contribution in [0.1, 0.15) is 16.7 Å². The number of hydrogen-bond donors (Lipinski definition) is 0. The number of hydrogen-bond acceptors (Lipinski definition) is 6. The number of tetrazole rings is 1. The van der Waals surface area contributed by atoms with Crippen molar-refractivity contribution in [1.82, 2.24) is 25.6 Å². The standard InChI is InChI=1S/C27H24OP.C8H4N5O.Cu/c1-20-14-16-25(22(3)18-20)28-26-17-15-21(2)19-27(26)29(23-10-6-4-7-11-23)24-12-8-5-9-13-24;1-2-4-6-5(3-1)9-8(14-6)7-10-12-13-11-7;/h4-19H,3H2,1-2H3;1-4H;/q2*-1;+2/p+1. The topological polar surface area (TPSA) is 88.0 Å². The first kappa shape index (κ1) is 30.7. The van der Waals surface area contributed by atoms with Gasteiger partial charge in [-0.15, -0.1) is 5.56 Å². The van der Waals surface area contributed by atoms with E-state index in [9.17, 15) is 0 Å². The van der Waals surface area contributed by atoms with E-state index in [0.29, 0.717) is 17.3 Å². The summed E-state index contributed by atoms with van der Waals surface area (Å²) in [5.41, 5.74) is 4.80. The van der Waals surface area contributed by atoms with Crippen molar-refractivity contribution >= 4 is 34.9 Å². The minimum absolute atomic E-state index is 0. The molecule has 7 aromatic rings. The van der Waals surface area contributed by atoms with Crippen LogP contribution in [0.4, 0.5) is 0 Å². The minimum atomic E-state index is -1.21. The van der Waals surface area contributed by atoms with Gasteiger partial charge in [-0.1, -0.05) is 73.7 Å². The molecule has 7 rings (SSSR count). The molecule has 0 fully saturated rings. The van der Waals surface area contributed by atoms with Gasteiger partial charge in [-0.2, -0.15) is 23.8 Å². The van der Waals surface area contributed by atoms with Crippen LogP contribution in [0.25, 0.3) is 22.8 Å². The Hall–Kier alpha value is -4.74. The number of ether oxygens (including phenoxy) is 1. The molecule has 0 saturated carbocycles. The summed E-state index contributed by atoms with van der Waals surface area (Å²) in [6.07, 6.45) is 0. The molecule has 0 atom stereocenters. The maximum atomic E-state index is 6.44. The van der Waals surface area contributed by atoms with E-state index in [-0.39, 0.29) is 17.1 Å². The first-order valence-electron chi connectivity index (χ1n) is 13.8. The van der Waals surface area contributed by atoms with E-state index in [0.717, 1.165) is 22.6 Å². The number of aryl methyl sites for hydroxylation is 2. The molecule has 0 amide bonds. The molecule has 44 heavy (non-hydrogen) atoms. The Morgan fingerprint density at radius 3 is 1.95 bits per heavy atom. The van der Waals surface area contributed by atoms with Crippen LogP contribution >= 0.6 is 7.92 Å². The minimum Gasteiger partial charge on any atom is -0.513 e. The molecule has 0 spiro atoms. The first-order valence-corrected chi connectivity index (χ1v) is 15.3. The molecule has 0 aliphatic rings. The number of benzene rings is 5. The van der Waals surface area contributed by atoms with Crippen molar-refractivity contribution in [2.24, 2.45) is 0 Å². The summed E-state index contributed by atoms with van der Waals surface area (Å²) >= 11 is 0. The van der Waals surface area contributed by atoms with Gasteiger partial charge in [0.05, 0.1) is 5.82 Å². The summed E-state index contributed by atoms with van der Waals surface area (Å²) in [6.45, 7) is 8.38. The quantitative estimate of drug-likeness (QED) is 0.117. The Labute approximate surface area is 267 Å². The zero-order valence-electron chi connectivity index (χ0n) is 24.1. The fourth-order valence-corrected chi connectivity index (χ4v) is 7.50. The first-order chi connectivity index (χ1) is 21.0. The number of nitrogens with zero attached hydrogens (tertiary/aromatic N) is 5. The van der Waals surface area contributed by atoms with Crippen molar-refractivity contribution < 1.29 is 26.2 Å². The largest absolute Gasteiger partial charge is 2.00 e. The summed E-state index contributed by atoms with van der Waals surface area (Å²) in [4.78, 5) is 4.18. The molecule has 0 N–H and O–H groups in total. The summed E-state index contributed by atoms with van der Waals surface area (Å²) in [5.74, 6) is 2.37. The molecular weight excluding hydrogens is 617 g/mol. The predicted octanol–water partition coefficient (Wildman–Crippen LogP) is 6.40. The van der Waals surface area contributed by atoms with E-state index in [2.05, 4.69) is 137 Å². The van der Waals surface area contributed by atoms with Crippen molar-refractivity contribution in [1.29, 1.82) is 0 Å². The molecule has 7 nitrogen and oxygen atoms in total. The van der Waals surface area contributed by atoms with Gasteiger partial charge in [0.25, 0.3) is 0 Å². The van der Waals surface area contributed by atoms with Gasteiger partial charge < -0.3 is 14.3 Å². The molecule has 0 saturated heterocycles. The smallest absolute Gasteiger partial charge is 0.513 e. The van der Waals surface area contributed by atoms with Crippen molar-refractivity contribution in [3.05, 3.63) is 145 Å². The van der Waals surface area contributed by atoms with E-state index >= 15 is 0 Å². The predicted molar refractivity (Wildman–Crippen MR) is 173 cm³/mol. The van der Waals surface area contributed by atoms with Crippen molar-refractivity contribution in [2.45, 2.75) is 13.8 Å². The third-order valence-corrected chi connectivity index (χ3v) is 9.52. The second-order valence-corrected chi connectivity index (χ2v) is 12.5. The maximum Gasteiger partial charge on any atom is 2.00 e. The van der Waals surface area contributed by atoms with Gasteiger partial charge in [0.15, 0.2) is 11.3 Å². The van der Waals surface area contributed by atoms with Crippen LogP contribution in [0.15, 0.2) is 126 Å². The van der Waals surface area contributed by atoms with Crippen LogP contribution in [0.5, 0.6) is 11.5 Å². The van der Waals surface area contributed by atoms with Gasteiger partial charge in [0, 0.05) is 5.75 Å². The van der Waals surface area contributed by atoms with Gasteiger partial charge in [-0.3, -0.25) is 10.3 Å². The van der Waals surface area contributed by atoms with E-state index < -0.39 is 7.92 Å². The monoisotopic (exact) mass is 645 g/mol. The second kappa shape index (κ2) is 14.2. The van der Waals surface area contributed by atoms with Crippen molar-refractivity contribution in [3.8, 4) is 23.2 Å². The van der Waals surface area contributed by atoms with E-state index in [4.69, 9.17) is 9.15 Å². The molecule has 221 valence electrons. The zero-order valence-corrected chi connectivity index (χ0v) is 26.0. The van der Waals surface area contributed by atoms with Crippen molar-refractivity contribution in [2.75, 3.05) is 0 Å².